The van der Waals surface area contributed by atoms with Crippen LogP contribution < -0.4 is 0 Å². The number of rotatable bonds is 2. The average molecular weight is 330 g/mol. The van der Waals surface area contributed by atoms with Crippen molar-refractivity contribution in [2.75, 3.05) is 0 Å². The molecule has 0 fully saturated rings. The van der Waals surface area contributed by atoms with Crippen LogP contribution in [0.4, 0.5) is 0 Å². The molecule has 1 aromatic carbocycles. The van der Waals surface area contributed by atoms with Crippen LogP contribution in [0.5, 0.6) is 0 Å². The van der Waals surface area contributed by atoms with Crippen molar-refractivity contribution in [3.63, 3.8) is 0 Å². The molecule has 3 rings (SSSR count). The minimum Gasteiger partial charge on any atom is -0.334 e. The highest BCUT2D eigenvalue weighted by Gasteiger charge is 2.12. The standard InChI is InChI=1S/C16H16BrN3/c1-4-11-5-7-12(8-6-11)15-18-10(2)14-13(17)9-20(3)16(14)19-15/h5-9H,4H2,1-3H3. The predicted octanol–water partition coefficient (Wildman–Crippen LogP) is 4.27. The Bertz CT molecular complexity index is 773. The van der Waals surface area contributed by atoms with Crippen LogP contribution in [-0.4, -0.2) is 14.5 Å². The molecule has 0 saturated heterocycles. The first-order valence-electron chi connectivity index (χ1n) is 6.68. The Morgan fingerprint density at radius 1 is 1.15 bits per heavy atom. The predicted molar refractivity (Wildman–Crippen MR) is 85.8 cm³/mol. The maximum atomic E-state index is 4.70. The summed E-state index contributed by atoms with van der Waals surface area (Å²) in [6, 6.07) is 8.47. The van der Waals surface area contributed by atoms with Gasteiger partial charge in [0.2, 0.25) is 0 Å². The number of aromatic nitrogens is 3. The first-order chi connectivity index (χ1) is 9.60. The van der Waals surface area contributed by atoms with Crippen molar-refractivity contribution in [3.8, 4) is 11.4 Å². The zero-order valence-corrected chi connectivity index (χ0v) is 13.4. The van der Waals surface area contributed by atoms with Crippen molar-refractivity contribution in [2.45, 2.75) is 20.3 Å². The van der Waals surface area contributed by atoms with E-state index in [9.17, 15) is 0 Å². The molecular weight excluding hydrogens is 314 g/mol. The highest BCUT2D eigenvalue weighted by atomic mass is 79.9. The van der Waals surface area contributed by atoms with E-state index in [1.54, 1.807) is 0 Å². The Hall–Kier alpha value is -1.68. The van der Waals surface area contributed by atoms with E-state index in [1.165, 1.54) is 5.56 Å². The number of hydrogen-bond donors (Lipinski definition) is 0. The molecule has 0 unspecified atom stereocenters. The molecule has 2 heterocycles. The van der Waals surface area contributed by atoms with E-state index in [1.807, 2.05) is 24.7 Å². The van der Waals surface area contributed by atoms with Gasteiger partial charge in [-0.1, -0.05) is 31.2 Å². The minimum absolute atomic E-state index is 0.784. The number of hydrogen-bond acceptors (Lipinski definition) is 2. The van der Waals surface area contributed by atoms with Crippen molar-refractivity contribution >= 4 is 27.0 Å². The second-order valence-electron chi connectivity index (χ2n) is 4.97. The third-order valence-electron chi connectivity index (χ3n) is 3.57. The van der Waals surface area contributed by atoms with Gasteiger partial charge in [0.1, 0.15) is 5.65 Å². The van der Waals surface area contributed by atoms with Gasteiger partial charge >= 0.3 is 0 Å². The number of aryl methyl sites for hydroxylation is 3. The van der Waals surface area contributed by atoms with E-state index >= 15 is 0 Å². The quantitative estimate of drug-likeness (QED) is 0.703. The summed E-state index contributed by atoms with van der Waals surface area (Å²) in [4.78, 5) is 9.35. The van der Waals surface area contributed by atoms with E-state index in [4.69, 9.17) is 4.98 Å². The fourth-order valence-electron chi connectivity index (χ4n) is 2.41. The van der Waals surface area contributed by atoms with Gasteiger partial charge in [-0.15, -0.1) is 0 Å². The second kappa shape index (κ2) is 5.02. The zero-order valence-electron chi connectivity index (χ0n) is 11.8. The van der Waals surface area contributed by atoms with E-state index < -0.39 is 0 Å². The highest BCUT2D eigenvalue weighted by molar-refractivity contribution is 9.10. The van der Waals surface area contributed by atoms with Gasteiger partial charge in [-0.05, 0) is 34.8 Å². The maximum absolute atomic E-state index is 4.70. The van der Waals surface area contributed by atoms with E-state index in [0.29, 0.717) is 0 Å². The van der Waals surface area contributed by atoms with Gasteiger partial charge < -0.3 is 4.57 Å². The van der Waals surface area contributed by atoms with Crippen molar-refractivity contribution in [3.05, 3.63) is 46.2 Å². The Kier molecular flexibility index (Phi) is 3.34. The van der Waals surface area contributed by atoms with Crippen molar-refractivity contribution in [2.24, 2.45) is 7.05 Å². The largest absolute Gasteiger partial charge is 0.334 e. The number of fused-ring (bicyclic) bond motifs is 1. The van der Waals surface area contributed by atoms with Gasteiger partial charge in [0.05, 0.1) is 11.1 Å². The molecule has 2 aromatic heterocycles. The Morgan fingerprint density at radius 2 is 1.85 bits per heavy atom. The minimum atomic E-state index is 0.784. The molecule has 0 N–H and O–H groups in total. The summed E-state index contributed by atoms with van der Waals surface area (Å²) in [5, 5.41) is 1.08. The normalized spacial score (nSPS) is 11.2. The van der Waals surface area contributed by atoms with Crippen LogP contribution in [0.25, 0.3) is 22.4 Å². The fraction of sp³-hybridized carbons (Fsp3) is 0.250. The molecule has 0 amide bonds. The maximum Gasteiger partial charge on any atom is 0.161 e. The fourth-order valence-corrected chi connectivity index (χ4v) is 3.18. The SMILES string of the molecule is CCc1ccc(-c2nc(C)c3c(Br)cn(C)c3n2)cc1. The lowest BCUT2D eigenvalue weighted by atomic mass is 10.1. The Morgan fingerprint density at radius 3 is 2.50 bits per heavy atom. The molecule has 0 atom stereocenters. The third-order valence-corrected chi connectivity index (χ3v) is 4.17. The van der Waals surface area contributed by atoms with Gasteiger partial charge in [-0.3, -0.25) is 0 Å². The van der Waals surface area contributed by atoms with Crippen molar-refractivity contribution in [1.29, 1.82) is 0 Å². The molecule has 0 aliphatic rings. The molecule has 102 valence electrons. The van der Waals surface area contributed by atoms with Crippen LogP contribution in [0, 0.1) is 6.92 Å². The Labute approximate surface area is 126 Å². The van der Waals surface area contributed by atoms with Crippen LogP contribution in [0.1, 0.15) is 18.2 Å². The first kappa shape index (κ1) is 13.3. The Balaban J connectivity index is 2.18. The molecule has 0 aliphatic carbocycles. The van der Waals surface area contributed by atoms with E-state index in [-0.39, 0.29) is 0 Å². The monoisotopic (exact) mass is 329 g/mol. The number of benzene rings is 1. The molecule has 0 spiro atoms. The summed E-state index contributed by atoms with van der Waals surface area (Å²) in [6.07, 6.45) is 3.07. The highest BCUT2D eigenvalue weighted by Crippen LogP contribution is 2.28. The molecule has 0 bridgehead atoms. The average Bonchev–Trinajstić information content (AvgIpc) is 2.74. The summed E-state index contributed by atoms with van der Waals surface area (Å²) in [5.74, 6) is 0.784. The molecular formula is C16H16BrN3. The van der Waals surface area contributed by atoms with Crippen LogP contribution in [0.15, 0.2) is 34.9 Å². The summed E-state index contributed by atoms with van der Waals surface area (Å²) in [5.41, 5.74) is 4.34. The van der Waals surface area contributed by atoms with Gasteiger partial charge in [-0.25, -0.2) is 9.97 Å². The summed E-state index contributed by atoms with van der Waals surface area (Å²) in [7, 11) is 2.00. The van der Waals surface area contributed by atoms with E-state index in [2.05, 4.69) is 52.1 Å². The smallest absolute Gasteiger partial charge is 0.161 e. The molecule has 3 nitrogen and oxygen atoms in total. The molecule has 20 heavy (non-hydrogen) atoms. The summed E-state index contributed by atoms with van der Waals surface area (Å²) >= 11 is 3.57. The van der Waals surface area contributed by atoms with Crippen LogP contribution >= 0.6 is 15.9 Å². The third kappa shape index (κ3) is 2.14. The molecule has 0 radical (unpaired) electrons. The van der Waals surface area contributed by atoms with Gasteiger partial charge in [0.15, 0.2) is 5.82 Å². The van der Waals surface area contributed by atoms with E-state index in [0.717, 1.165) is 39.0 Å². The second-order valence-corrected chi connectivity index (χ2v) is 5.82. The lowest BCUT2D eigenvalue weighted by Gasteiger charge is -2.05. The van der Waals surface area contributed by atoms with Crippen LogP contribution in [0.3, 0.4) is 0 Å². The van der Waals surface area contributed by atoms with Crippen LogP contribution in [-0.2, 0) is 13.5 Å². The topological polar surface area (TPSA) is 30.7 Å². The lowest BCUT2D eigenvalue weighted by molar-refractivity contribution is 0.941. The van der Waals surface area contributed by atoms with Gasteiger partial charge in [0.25, 0.3) is 0 Å². The summed E-state index contributed by atoms with van der Waals surface area (Å²) < 4.78 is 3.07. The molecule has 0 aliphatic heterocycles. The lowest BCUT2D eigenvalue weighted by Crippen LogP contribution is -1.96. The zero-order chi connectivity index (χ0) is 14.3. The van der Waals surface area contributed by atoms with Gasteiger partial charge in [-0.2, -0.15) is 0 Å². The number of halogens is 1. The van der Waals surface area contributed by atoms with Gasteiger partial charge in [0, 0.05) is 23.3 Å². The van der Waals surface area contributed by atoms with Crippen LogP contribution in [0.2, 0.25) is 0 Å². The van der Waals surface area contributed by atoms with Crippen molar-refractivity contribution < 1.29 is 0 Å². The first-order valence-corrected chi connectivity index (χ1v) is 7.48. The molecule has 3 aromatic rings. The molecule has 4 heteroatoms. The molecule has 0 saturated carbocycles. The summed E-state index contributed by atoms with van der Waals surface area (Å²) in [6.45, 7) is 4.18. The van der Waals surface area contributed by atoms with Crippen molar-refractivity contribution in [1.82, 2.24) is 14.5 Å². The number of nitrogens with zero attached hydrogens (tertiary/aromatic N) is 3.